The zero-order valence-corrected chi connectivity index (χ0v) is 29.2. The fourth-order valence-electron chi connectivity index (χ4n) is 7.16. The molecular formula is C38H58O4S. The van der Waals surface area contributed by atoms with E-state index in [1.807, 2.05) is 27.7 Å². The van der Waals surface area contributed by atoms with E-state index in [1.165, 1.54) is 74.0 Å². The van der Waals surface area contributed by atoms with Gasteiger partial charge in [-0.25, -0.2) is 0 Å². The van der Waals surface area contributed by atoms with Gasteiger partial charge in [-0.05, 0) is 164 Å². The first-order chi connectivity index (χ1) is 20.4. The van der Waals surface area contributed by atoms with Gasteiger partial charge in [0.2, 0.25) is 0 Å². The molecular weight excluding hydrogens is 552 g/mol. The van der Waals surface area contributed by atoms with Crippen LogP contribution in [0.15, 0.2) is 0 Å². The molecule has 0 spiro atoms. The molecule has 0 aliphatic carbocycles. The van der Waals surface area contributed by atoms with Crippen LogP contribution in [-0.4, -0.2) is 32.9 Å². The summed E-state index contributed by atoms with van der Waals surface area (Å²) in [6.07, 6.45) is 16.5. The molecule has 0 saturated heterocycles. The predicted molar refractivity (Wildman–Crippen MR) is 183 cm³/mol. The van der Waals surface area contributed by atoms with Crippen LogP contribution in [0.3, 0.4) is 0 Å². The Labute approximate surface area is 266 Å². The number of phenols is 2. The smallest absolute Gasteiger partial charge is 0.127 e. The second-order valence-corrected chi connectivity index (χ2v) is 15.3. The lowest BCUT2D eigenvalue weighted by atomic mass is 9.84. The van der Waals surface area contributed by atoms with E-state index in [2.05, 4.69) is 39.5 Å². The maximum atomic E-state index is 10.4. The lowest BCUT2D eigenvalue weighted by molar-refractivity contribution is 0.0519. The standard InChI is InChI=1S/C38H58O4S/c1-25-27(3)35-31(29(5)33(25)39)17-21-37(7,41-35)19-13-9-11-15-23-43-24-16-12-10-14-20-38(8)22-18-32-30(6)34(40)26(2)28(4)36(32)42-38/h39-40H,9-24H2,1-8H3. The first kappa shape index (κ1) is 33.9. The number of ether oxygens (including phenoxy) is 2. The maximum Gasteiger partial charge on any atom is 0.127 e. The van der Waals surface area contributed by atoms with Gasteiger partial charge >= 0.3 is 0 Å². The summed E-state index contributed by atoms with van der Waals surface area (Å²) < 4.78 is 13.2. The van der Waals surface area contributed by atoms with E-state index in [1.54, 1.807) is 0 Å². The number of unbranched alkanes of at least 4 members (excludes halogenated alkanes) is 6. The molecule has 2 atom stereocenters. The molecule has 2 aliphatic heterocycles. The Morgan fingerprint density at radius 3 is 1.30 bits per heavy atom. The molecule has 2 aliphatic rings. The Hall–Kier alpha value is -2.01. The van der Waals surface area contributed by atoms with Crippen LogP contribution in [0, 0.1) is 41.5 Å². The Morgan fingerprint density at radius 1 is 0.535 bits per heavy atom. The summed E-state index contributed by atoms with van der Waals surface area (Å²) >= 11 is 2.13. The highest BCUT2D eigenvalue weighted by molar-refractivity contribution is 7.99. The van der Waals surface area contributed by atoms with Crippen LogP contribution < -0.4 is 9.47 Å². The van der Waals surface area contributed by atoms with Gasteiger partial charge in [-0.3, -0.25) is 0 Å². The Bertz CT molecular complexity index is 1190. The van der Waals surface area contributed by atoms with Crippen LogP contribution in [0.1, 0.15) is 135 Å². The van der Waals surface area contributed by atoms with Crippen LogP contribution in [0.25, 0.3) is 0 Å². The number of thioether (sulfide) groups is 1. The number of phenolic OH excluding ortho intramolecular Hbond substituents is 2. The molecule has 0 radical (unpaired) electrons. The van der Waals surface area contributed by atoms with Gasteiger partial charge in [0.1, 0.15) is 34.2 Å². The first-order valence-electron chi connectivity index (χ1n) is 17.0. The molecule has 0 bridgehead atoms. The molecule has 0 saturated carbocycles. The summed E-state index contributed by atoms with van der Waals surface area (Å²) in [5, 5.41) is 20.9. The summed E-state index contributed by atoms with van der Waals surface area (Å²) in [7, 11) is 0. The van der Waals surface area contributed by atoms with Gasteiger partial charge in [0.15, 0.2) is 0 Å². The summed E-state index contributed by atoms with van der Waals surface area (Å²) in [5.74, 6) is 5.50. The lowest BCUT2D eigenvalue weighted by Crippen LogP contribution is -2.37. The second kappa shape index (κ2) is 14.4. The topological polar surface area (TPSA) is 58.9 Å². The molecule has 4 nitrogen and oxygen atoms in total. The van der Waals surface area contributed by atoms with Gasteiger partial charge < -0.3 is 19.7 Å². The minimum atomic E-state index is -0.0889. The van der Waals surface area contributed by atoms with E-state index < -0.39 is 0 Å². The highest BCUT2D eigenvalue weighted by atomic mass is 32.2. The van der Waals surface area contributed by atoms with E-state index >= 15 is 0 Å². The minimum absolute atomic E-state index is 0.0889. The molecule has 2 aromatic rings. The molecule has 2 aromatic carbocycles. The van der Waals surface area contributed by atoms with Crippen LogP contribution in [0.5, 0.6) is 23.0 Å². The molecule has 0 amide bonds. The molecule has 43 heavy (non-hydrogen) atoms. The van der Waals surface area contributed by atoms with E-state index in [-0.39, 0.29) is 11.2 Å². The summed E-state index contributed by atoms with van der Waals surface area (Å²) in [4.78, 5) is 0. The normalized spacial score (nSPS) is 21.2. The largest absolute Gasteiger partial charge is 0.507 e. The molecule has 5 heteroatoms. The number of hydrogen-bond donors (Lipinski definition) is 2. The summed E-state index contributed by atoms with van der Waals surface area (Å²) in [6, 6.07) is 0. The van der Waals surface area contributed by atoms with Crippen molar-refractivity contribution in [1.82, 2.24) is 0 Å². The van der Waals surface area contributed by atoms with Gasteiger partial charge in [0.05, 0.1) is 0 Å². The van der Waals surface area contributed by atoms with Crippen molar-refractivity contribution in [1.29, 1.82) is 0 Å². The Morgan fingerprint density at radius 2 is 0.907 bits per heavy atom. The van der Waals surface area contributed by atoms with Crippen LogP contribution in [-0.2, 0) is 12.8 Å². The maximum absolute atomic E-state index is 10.4. The molecule has 2 heterocycles. The zero-order chi connectivity index (χ0) is 31.4. The number of benzene rings is 2. The van der Waals surface area contributed by atoms with Crippen molar-refractivity contribution in [2.45, 2.75) is 156 Å². The third-order valence-electron chi connectivity index (χ3n) is 10.7. The molecule has 4 rings (SSSR count). The van der Waals surface area contributed by atoms with Gasteiger partial charge in [-0.2, -0.15) is 11.8 Å². The van der Waals surface area contributed by atoms with Crippen molar-refractivity contribution in [2.75, 3.05) is 11.5 Å². The Kier molecular flexibility index (Phi) is 11.3. The van der Waals surface area contributed by atoms with E-state index in [0.717, 1.165) is 83.4 Å². The molecule has 240 valence electrons. The third-order valence-corrected chi connectivity index (χ3v) is 11.8. The van der Waals surface area contributed by atoms with Crippen molar-refractivity contribution >= 4 is 11.8 Å². The molecule has 2 unspecified atom stereocenters. The number of rotatable bonds is 14. The lowest BCUT2D eigenvalue weighted by Gasteiger charge is -2.38. The molecule has 0 fully saturated rings. The fourth-order valence-corrected chi connectivity index (χ4v) is 8.18. The third kappa shape index (κ3) is 7.81. The minimum Gasteiger partial charge on any atom is -0.507 e. The SMILES string of the molecule is Cc1c(C)c2c(c(C)c1O)CCC(C)(CCCCCCSCCCCCCC1(C)CCc3c(C)c(O)c(C)c(C)c3O1)O2. The van der Waals surface area contributed by atoms with Gasteiger partial charge in [-0.1, -0.05) is 25.7 Å². The quantitative estimate of drug-likeness (QED) is 0.208. The van der Waals surface area contributed by atoms with Crippen molar-refractivity contribution in [2.24, 2.45) is 0 Å². The second-order valence-electron chi connectivity index (χ2n) is 14.1. The van der Waals surface area contributed by atoms with Gasteiger partial charge in [0, 0.05) is 11.1 Å². The highest BCUT2D eigenvalue weighted by Gasteiger charge is 2.35. The van der Waals surface area contributed by atoms with Gasteiger partial charge in [-0.15, -0.1) is 0 Å². The highest BCUT2D eigenvalue weighted by Crippen LogP contribution is 2.46. The summed E-state index contributed by atoms with van der Waals surface area (Å²) in [6.45, 7) is 16.8. The van der Waals surface area contributed by atoms with Crippen molar-refractivity contribution in [3.8, 4) is 23.0 Å². The van der Waals surface area contributed by atoms with Crippen molar-refractivity contribution in [3.05, 3.63) is 44.5 Å². The average molecular weight is 611 g/mol. The molecule has 2 N–H and O–H groups in total. The number of aromatic hydroxyl groups is 2. The monoisotopic (exact) mass is 610 g/mol. The molecule has 0 aromatic heterocycles. The van der Waals surface area contributed by atoms with Crippen LogP contribution >= 0.6 is 11.8 Å². The number of hydrogen-bond acceptors (Lipinski definition) is 5. The van der Waals surface area contributed by atoms with Crippen LogP contribution in [0.2, 0.25) is 0 Å². The van der Waals surface area contributed by atoms with Gasteiger partial charge in [0.25, 0.3) is 0 Å². The summed E-state index contributed by atoms with van der Waals surface area (Å²) in [5.41, 5.74) is 8.33. The zero-order valence-electron chi connectivity index (χ0n) is 28.4. The first-order valence-corrected chi connectivity index (χ1v) is 18.1. The predicted octanol–water partition coefficient (Wildman–Crippen LogP) is 10.5. The van der Waals surface area contributed by atoms with Crippen LogP contribution in [0.4, 0.5) is 0 Å². The van der Waals surface area contributed by atoms with Crippen molar-refractivity contribution in [3.63, 3.8) is 0 Å². The van der Waals surface area contributed by atoms with E-state index in [0.29, 0.717) is 11.5 Å². The average Bonchev–Trinajstić information content (AvgIpc) is 2.99. The number of fused-ring (bicyclic) bond motifs is 2. The Balaban J connectivity index is 1.04. The van der Waals surface area contributed by atoms with Crippen molar-refractivity contribution < 1.29 is 19.7 Å². The van der Waals surface area contributed by atoms with E-state index in [4.69, 9.17) is 9.47 Å². The van der Waals surface area contributed by atoms with E-state index in [9.17, 15) is 10.2 Å². The fraction of sp³-hybridized carbons (Fsp3) is 0.684.